The number of para-hydroxylation sites is 1. The highest BCUT2D eigenvalue weighted by atomic mass is 16.5. The number of hydrogen-bond acceptors (Lipinski definition) is 3. The van der Waals surface area contributed by atoms with E-state index in [1.807, 2.05) is 29.2 Å². The maximum atomic E-state index is 12.6. The average molecular weight is 262 g/mol. The predicted octanol–water partition coefficient (Wildman–Crippen LogP) is 2.37. The molecule has 1 N–H and O–H groups in total. The van der Waals surface area contributed by atoms with Crippen molar-refractivity contribution in [2.45, 2.75) is 26.3 Å². The van der Waals surface area contributed by atoms with Gasteiger partial charge in [-0.2, -0.15) is 0 Å². The van der Waals surface area contributed by atoms with E-state index < -0.39 is 0 Å². The molecule has 0 spiro atoms. The SMILES string of the molecule is CC(C)Nc1ccccc1C(=O)N1CCCOCC1. The molecule has 0 bridgehead atoms. The third-order valence-electron chi connectivity index (χ3n) is 3.11. The molecule has 1 aliphatic heterocycles. The second kappa shape index (κ2) is 6.57. The summed E-state index contributed by atoms with van der Waals surface area (Å²) in [4.78, 5) is 14.5. The van der Waals surface area contributed by atoms with Gasteiger partial charge >= 0.3 is 0 Å². The fraction of sp³-hybridized carbons (Fsp3) is 0.533. The van der Waals surface area contributed by atoms with E-state index in [1.54, 1.807) is 0 Å². The number of amides is 1. The second-order valence-electron chi connectivity index (χ2n) is 5.10. The summed E-state index contributed by atoms with van der Waals surface area (Å²) in [5, 5.41) is 3.33. The second-order valence-corrected chi connectivity index (χ2v) is 5.10. The number of carbonyl (C=O) groups is 1. The van der Waals surface area contributed by atoms with Crippen molar-refractivity contribution in [1.82, 2.24) is 4.90 Å². The molecule has 1 aromatic carbocycles. The molecular formula is C15H22N2O2. The number of rotatable bonds is 3. The van der Waals surface area contributed by atoms with Crippen LogP contribution in [0.15, 0.2) is 24.3 Å². The predicted molar refractivity (Wildman–Crippen MR) is 76.5 cm³/mol. The van der Waals surface area contributed by atoms with Gasteiger partial charge in [0.1, 0.15) is 0 Å². The highest BCUT2D eigenvalue weighted by molar-refractivity contribution is 5.99. The number of carbonyl (C=O) groups excluding carboxylic acids is 1. The molecule has 2 rings (SSSR count). The Bertz CT molecular complexity index is 424. The van der Waals surface area contributed by atoms with E-state index in [0.29, 0.717) is 19.2 Å². The topological polar surface area (TPSA) is 41.6 Å². The quantitative estimate of drug-likeness (QED) is 0.909. The first-order chi connectivity index (χ1) is 9.18. The molecular weight excluding hydrogens is 240 g/mol. The van der Waals surface area contributed by atoms with E-state index in [2.05, 4.69) is 19.2 Å². The van der Waals surface area contributed by atoms with Crippen LogP contribution in [0.1, 0.15) is 30.6 Å². The van der Waals surface area contributed by atoms with Crippen molar-refractivity contribution in [1.29, 1.82) is 0 Å². The van der Waals surface area contributed by atoms with Gasteiger partial charge in [-0.15, -0.1) is 0 Å². The fourth-order valence-corrected chi connectivity index (χ4v) is 2.23. The molecule has 0 saturated carbocycles. The van der Waals surface area contributed by atoms with Crippen molar-refractivity contribution >= 4 is 11.6 Å². The monoisotopic (exact) mass is 262 g/mol. The number of nitrogens with one attached hydrogen (secondary N) is 1. The van der Waals surface area contributed by atoms with Crippen LogP contribution in [0.25, 0.3) is 0 Å². The Labute approximate surface area is 114 Å². The minimum absolute atomic E-state index is 0.0919. The number of ether oxygens (including phenoxy) is 1. The molecule has 104 valence electrons. The zero-order valence-corrected chi connectivity index (χ0v) is 11.7. The summed E-state index contributed by atoms with van der Waals surface area (Å²) in [6, 6.07) is 8.02. The zero-order valence-electron chi connectivity index (χ0n) is 11.7. The molecule has 1 aromatic rings. The minimum Gasteiger partial charge on any atom is -0.382 e. The maximum absolute atomic E-state index is 12.6. The third-order valence-corrected chi connectivity index (χ3v) is 3.11. The van der Waals surface area contributed by atoms with Gasteiger partial charge in [-0.05, 0) is 32.4 Å². The average Bonchev–Trinajstić information content (AvgIpc) is 2.67. The van der Waals surface area contributed by atoms with Gasteiger partial charge in [0.15, 0.2) is 0 Å². The van der Waals surface area contributed by atoms with Gasteiger partial charge in [-0.3, -0.25) is 4.79 Å². The number of hydrogen-bond donors (Lipinski definition) is 1. The Balaban J connectivity index is 2.17. The standard InChI is InChI=1S/C15H22N2O2/c1-12(2)16-14-7-4-3-6-13(14)15(18)17-8-5-10-19-11-9-17/h3-4,6-7,12,16H,5,8-11H2,1-2H3. The van der Waals surface area contributed by atoms with Crippen LogP contribution >= 0.6 is 0 Å². The van der Waals surface area contributed by atoms with Crippen molar-refractivity contribution in [2.24, 2.45) is 0 Å². The number of benzene rings is 1. The van der Waals surface area contributed by atoms with Gasteiger partial charge in [0, 0.05) is 31.4 Å². The van der Waals surface area contributed by atoms with E-state index in [4.69, 9.17) is 4.74 Å². The molecule has 0 unspecified atom stereocenters. The molecule has 1 amide bonds. The first-order valence-electron chi connectivity index (χ1n) is 6.91. The van der Waals surface area contributed by atoms with Gasteiger partial charge in [0.25, 0.3) is 5.91 Å². The molecule has 1 fully saturated rings. The van der Waals surface area contributed by atoms with Crippen molar-refractivity contribution < 1.29 is 9.53 Å². The van der Waals surface area contributed by atoms with Gasteiger partial charge in [0.2, 0.25) is 0 Å². The van der Waals surface area contributed by atoms with Crippen LogP contribution in [0.4, 0.5) is 5.69 Å². The lowest BCUT2D eigenvalue weighted by Crippen LogP contribution is -2.33. The summed E-state index contributed by atoms with van der Waals surface area (Å²) in [6.45, 7) is 6.97. The van der Waals surface area contributed by atoms with E-state index in [9.17, 15) is 4.79 Å². The van der Waals surface area contributed by atoms with Crippen molar-refractivity contribution in [2.75, 3.05) is 31.6 Å². The van der Waals surface area contributed by atoms with E-state index in [0.717, 1.165) is 30.8 Å². The normalized spacial score (nSPS) is 16.3. The molecule has 0 radical (unpaired) electrons. The van der Waals surface area contributed by atoms with Crippen LogP contribution in [0, 0.1) is 0 Å². The summed E-state index contributed by atoms with van der Waals surface area (Å²) < 4.78 is 5.40. The van der Waals surface area contributed by atoms with Crippen LogP contribution < -0.4 is 5.32 Å². The molecule has 1 aliphatic rings. The van der Waals surface area contributed by atoms with Gasteiger partial charge in [-0.25, -0.2) is 0 Å². The molecule has 0 aromatic heterocycles. The Hall–Kier alpha value is -1.55. The first-order valence-corrected chi connectivity index (χ1v) is 6.91. The highest BCUT2D eigenvalue weighted by Gasteiger charge is 2.20. The van der Waals surface area contributed by atoms with Gasteiger partial charge < -0.3 is 15.0 Å². The van der Waals surface area contributed by atoms with Crippen LogP contribution in [0.3, 0.4) is 0 Å². The molecule has 19 heavy (non-hydrogen) atoms. The molecule has 4 nitrogen and oxygen atoms in total. The van der Waals surface area contributed by atoms with E-state index in [-0.39, 0.29) is 5.91 Å². The summed E-state index contributed by atoms with van der Waals surface area (Å²) in [5.41, 5.74) is 1.66. The van der Waals surface area contributed by atoms with Crippen molar-refractivity contribution in [3.8, 4) is 0 Å². The Kier molecular flexibility index (Phi) is 4.80. The smallest absolute Gasteiger partial charge is 0.256 e. The number of anilines is 1. The summed E-state index contributed by atoms with van der Waals surface area (Å²) in [5.74, 6) is 0.0919. The van der Waals surface area contributed by atoms with E-state index >= 15 is 0 Å². The molecule has 0 aliphatic carbocycles. The summed E-state index contributed by atoms with van der Waals surface area (Å²) in [7, 11) is 0. The maximum Gasteiger partial charge on any atom is 0.256 e. The molecule has 4 heteroatoms. The molecule has 1 heterocycles. The Morgan fingerprint density at radius 3 is 2.84 bits per heavy atom. The Morgan fingerprint density at radius 1 is 1.26 bits per heavy atom. The highest BCUT2D eigenvalue weighted by Crippen LogP contribution is 2.19. The molecule has 1 saturated heterocycles. The van der Waals surface area contributed by atoms with Crippen molar-refractivity contribution in [3.63, 3.8) is 0 Å². The fourth-order valence-electron chi connectivity index (χ4n) is 2.23. The van der Waals surface area contributed by atoms with Crippen LogP contribution in [0.2, 0.25) is 0 Å². The largest absolute Gasteiger partial charge is 0.382 e. The van der Waals surface area contributed by atoms with Crippen molar-refractivity contribution in [3.05, 3.63) is 29.8 Å². The first kappa shape index (κ1) is 13.9. The van der Waals surface area contributed by atoms with Crippen LogP contribution in [0.5, 0.6) is 0 Å². The minimum atomic E-state index is 0.0919. The van der Waals surface area contributed by atoms with Gasteiger partial charge in [-0.1, -0.05) is 12.1 Å². The lowest BCUT2D eigenvalue weighted by atomic mass is 10.1. The lowest BCUT2D eigenvalue weighted by Gasteiger charge is -2.22. The van der Waals surface area contributed by atoms with E-state index in [1.165, 1.54) is 0 Å². The third kappa shape index (κ3) is 3.70. The van der Waals surface area contributed by atoms with Crippen LogP contribution in [-0.4, -0.2) is 43.2 Å². The zero-order chi connectivity index (χ0) is 13.7. The molecule has 0 atom stereocenters. The summed E-state index contributed by atoms with van der Waals surface area (Å²) in [6.07, 6.45) is 0.908. The summed E-state index contributed by atoms with van der Waals surface area (Å²) >= 11 is 0. The van der Waals surface area contributed by atoms with Crippen LogP contribution in [-0.2, 0) is 4.74 Å². The lowest BCUT2D eigenvalue weighted by molar-refractivity contribution is 0.0742. The number of nitrogens with zero attached hydrogens (tertiary/aromatic N) is 1. The Morgan fingerprint density at radius 2 is 2.05 bits per heavy atom. The van der Waals surface area contributed by atoms with Gasteiger partial charge in [0.05, 0.1) is 12.2 Å².